The predicted octanol–water partition coefficient (Wildman–Crippen LogP) is 1.75. The van der Waals surface area contributed by atoms with E-state index < -0.39 is 4.92 Å². The van der Waals surface area contributed by atoms with Crippen LogP contribution in [0.3, 0.4) is 0 Å². The number of anilines is 1. The van der Waals surface area contributed by atoms with Crippen LogP contribution < -0.4 is 11.1 Å². The SMILES string of the molecule is Cc1cnc(N[C@H]2CCCC[C@H]2C(N)=O)c([N+](=O)[O-])c1. The van der Waals surface area contributed by atoms with Gasteiger partial charge in [-0.1, -0.05) is 12.8 Å². The maximum atomic E-state index is 11.5. The van der Waals surface area contributed by atoms with Gasteiger partial charge in [-0.25, -0.2) is 4.98 Å². The van der Waals surface area contributed by atoms with Crippen molar-refractivity contribution in [2.45, 2.75) is 38.6 Å². The lowest BCUT2D eigenvalue weighted by Gasteiger charge is -2.30. The normalized spacial score (nSPS) is 22.2. The van der Waals surface area contributed by atoms with E-state index in [9.17, 15) is 14.9 Å². The molecule has 1 aliphatic carbocycles. The van der Waals surface area contributed by atoms with Gasteiger partial charge in [-0.05, 0) is 25.3 Å². The summed E-state index contributed by atoms with van der Waals surface area (Å²) >= 11 is 0. The number of primary amides is 1. The Balaban J connectivity index is 2.24. The molecule has 3 N–H and O–H groups in total. The first-order chi connectivity index (χ1) is 9.49. The first-order valence-corrected chi connectivity index (χ1v) is 6.66. The minimum absolute atomic E-state index is 0.0706. The number of carbonyl (C=O) groups is 1. The lowest BCUT2D eigenvalue weighted by Crippen LogP contribution is -2.40. The highest BCUT2D eigenvalue weighted by molar-refractivity contribution is 5.78. The molecule has 7 heteroatoms. The molecule has 2 rings (SSSR count). The second-order valence-electron chi connectivity index (χ2n) is 5.18. The van der Waals surface area contributed by atoms with Gasteiger partial charge in [0.2, 0.25) is 11.7 Å². The zero-order chi connectivity index (χ0) is 14.7. The number of aromatic nitrogens is 1. The molecule has 1 saturated carbocycles. The monoisotopic (exact) mass is 278 g/mol. The van der Waals surface area contributed by atoms with Crippen LogP contribution in [0.15, 0.2) is 12.3 Å². The highest BCUT2D eigenvalue weighted by Crippen LogP contribution is 2.30. The Labute approximate surface area is 116 Å². The lowest BCUT2D eigenvalue weighted by atomic mass is 9.84. The molecular formula is C13H18N4O3. The van der Waals surface area contributed by atoms with Gasteiger partial charge in [0.1, 0.15) is 0 Å². The molecule has 1 aliphatic rings. The Bertz CT molecular complexity index is 532. The van der Waals surface area contributed by atoms with Crippen LogP contribution in [0, 0.1) is 23.0 Å². The molecule has 1 aromatic rings. The van der Waals surface area contributed by atoms with Crippen molar-refractivity contribution in [1.82, 2.24) is 4.98 Å². The Hall–Kier alpha value is -2.18. The Morgan fingerprint density at radius 3 is 2.85 bits per heavy atom. The summed E-state index contributed by atoms with van der Waals surface area (Å²) in [5.41, 5.74) is 6.05. The molecule has 1 fully saturated rings. The van der Waals surface area contributed by atoms with E-state index in [1.54, 1.807) is 13.1 Å². The zero-order valence-electron chi connectivity index (χ0n) is 11.3. The number of pyridine rings is 1. The third-order valence-electron chi connectivity index (χ3n) is 3.65. The number of nitrogens with one attached hydrogen (secondary N) is 1. The van der Waals surface area contributed by atoms with Gasteiger partial charge in [0.25, 0.3) is 0 Å². The van der Waals surface area contributed by atoms with E-state index in [0.717, 1.165) is 24.8 Å². The van der Waals surface area contributed by atoms with Crippen LogP contribution in [0.2, 0.25) is 0 Å². The summed E-state index contributed by atoms with van der Waals surface area (Å²) in [7, 11) is 0. The number of nitro groups is 1. The first kappa shape index (κ1) is 14.2. The summed E-state index contributed by atoms with van der Waals surface area (Å²) in [5, 5.41) is 14.1. The summed E-state index contributed by atoms with van der Waals surface area (Å²) in [4.78, 5) is 26.1. The molecule has 1 heterocycles. The van der Waals surface area contributed by atoms with Gasteiger partial charge in [0, 0.05) is 18.3 Å². The molecule has 108 valence electrons. The van der Waals surface area contributed by atoms with E-state index in [4.69, 9.17) is 5.73 Å². The highest BCUT2D eigenvalue weighted by Gasteiger charge is 2.31. The molecule has 1 amide bonds. The number of hydrogen-bond acceptors (Lipinski definition) is 5. The van der Waals surface area contributed by atoms with Crippen molar-refractivity contribution in [2.75, 3.05) is 5.32 Å². The Kier molecular flexibility index (Phi) is 4.16. The molecule has 20 heavy (non-hydrogen) atoms. The van der Waals surface area contributed by atoms with Crippen LogP contribution in [0.25, 0.3) is 0 Å². The maximum absolute atomic E-state index is 11.5. The minimum atomic E-state index is -0.468. The number of nitrogens with zero attached hydrogens (tertiary/aromatic N) is 2. The summed E-state index contributed by atoms with van der Waals surface area (Å²) in [5.74, 6) is -0.456. The number of carbonyl (C=O) groups excluding carboxylic acids is 1. The van der Waals surface area contributed by atoms with Gasteiger partial charge in [0.15, 0.2) is 0 Å². The zero-order valence-corrected chi connectivity index (χ0v) is 11.3. The second kappa shape index (κ2) is 5.85. The van der Waals surface area contributed by atoms with Crippen molar-refractivity contribution in [3.8, 4) is 0 Å². The summed E-state index contributed by atoms with van der Waals surface area (Å²) < 4.78 is 0. The van der Waals surface area contributed by atoms with Gasteiger partial charge in [0.05, 0.1) is 10.8 Å². The molecule has 1 aromatic heterocycles. The second-order valence-corrected chi connectivity index (χ2v) is 5.18. The molecule has 0 spiro atoms. The summed E-state index contributed by atoms with van der Waals surface area (Å²) in [6, 6.07) is 1.28. The first-order valence-electron chi connectivity index (χ1n) is 6.66. The van der Waals surface area contributed by atoms with E-state index >= 15 is 0 Å². The van der Waals surface area contributed by atoms with E-state index in [1.807, 2.05) is 0 Å². The van der Waals surface area contributed by atoms with Crippen molar-refractivity contribution >= 4 is 17.4 Å². The van der Waals surface area contributed by atoms with Crippen molar-refractivity contribution in [1.29, 1.82) is 0 Å². The number of nitrogens with two attached hydrogens (primary N) is 1. The third-order valence-corrected chi connectivity index (χ3v) is 3.65. The predicted molar refractivity (Wildman–Crippen MR) is 74.2 cm³/mol. The van der Waals surface area contributed by atoms with E-state index in [2.05, 4.69) is 10.3 Å². The number of hydrogen-bond donors (Lipinski definition) is 2. The van der Waals surface area contributed by atoms with Crippen molar-refractivity contribution < 1.29 is 9.72 Å². The van der Waals surface area contributed by atoms with Gasteiger partial charge in [-0.15, -0.1) is 0 Å². The van der Waals surface area contributed by atoms with Crippen molar-refractivity contribution in [2.24, 2.45) is 11.7 Å². The maximum Gasteiger partial charge on any atom is 0.311 e. The molecule has 2 atom stereocenters. The topological polar surface area (TPSA) is 111 Å². The lowest BCUT2D eigenvalue weighted by molar-refractivity contribution is -0.384. The number of rotatable bonds is 4. The van der Waals surface area contributed by atoms with Crippen LogP contribution in [0.4, 0.5) is 11.5 Å². The fourth-order valence-electron chi connectivity index (χ4n) is 2.62. The largest absolute Gasteiger partial charge is 0.369 e. The molecule has 0 aromatic carbocycles. The highest BCUT2D eigenvalue weighted by atomic mass is 16.6. The third kappa shape index (κ3) is 3.04. The fourth-order valence-corrected chi connectivity index (χ4v) is 2.62. The molecule has 7 nitrogen and oxygen atoms in total. The standard InChI is InChI=1S/C13H18N4O3/c1-8-6-11(17(19)20)13(15-7-8)16-10-5-3-2-4-9(10)12(14)18/h6-7,9-10H,2-5H2,1H3,(H2,14,18)(H,15,16)/t9-,10+/m1/s1. The Morgan fingerprint density at radius 1 is 1.50 bits per heavy atom. The summed E-state index contributed by atoms with van der Waals surface area (Å²) in [6.07, 6.45) is 4.97. The van der Waals surface area contributed by atoms with Crippen LogP contribution in [-0.4, -0.2) is 21.9 Å². The van der Waals surface area contributed by atoms with Crippen molar-refractivity contribution in [3.63, 3.8) is 0 Å². The van der Waals surface area contributed by atoms with Crippen LogP contribution >= 0.6 is 0 Å². The smallest absolute Gasteiger partial charge is 0.311 e. The molecule has 0 unspecified atom stereocenters. The van der Waals surface area contributed by atoms with Gasteiger partial charge >= 0.3 is 5.69 Å². The summed E-state index contributed by atoms with van der Waals surface area (Å²) in [6.45, 7) is 1.75. The molecule has 0 bridgehead atoms. The minimum Gasteiger partial charge on any atom is -0.369 e. The average Bonchev–Trinajstić information content (AvgIpc) is 2.41. The van der Waals surface area contributed by atoms with Gasteiger partial charge in [-0.2, -0.15) is 0 Å². The van der Waals surface area contributed by atoms with Crippen LogP contribution in [0.5, 0.6) is 0 Å². The number of aryl methyl sites for hydroxylation is 1. The van der Waals surface area contributed by atoms with Crippen LogP contribution in [0.1, 0.15) is 31.2 Å². The molecule has 0 saturated heterocycles. The Morgan fingerprint density at radius 2 is 2.20 bits per heavy atom. The molecule has 0 aliphatic heterocycles. The van der Waals surface area contributed by atoms with Crippen LogP contribution in [-0.2, 0) is 4.79 Å². The van der Waals surface area contributed by atoms with Gasteiger partial charge in [-0.3, -0.25) is 14.9 Å². The average molecular weight is 278 g/mol. The van der Waals surface area contributed by atoms with E-state index in [0.29, 0.717) is 6.42 Å². The van der Waals surface area contributed by atoms with E-state index in [-0.39, 0.29) is 29.4 Å². The molecular weight excluding hydrogens is 260 g/mol. The van der Waals surface area contributed by atoms with E-state index in [1.165, 1.54) is 6.07 Å². The number of amides is 1. The van der Waals surface area contributed by atoms with Gasteiger partial charge < -0.3 is 11.1 Å². The quantitative estimate of drug-likeness (QED) is 0.643. The fraction of sp³-hybridized carbons (Fsp3) is 0.538. The van der Waals surface area contributed by atoms with Crippen molar-refractivity contribution in [3.05, 3.63) is 27.9 Å². The molecule has 0 radical (unpaired) electrons.